The van der Waals surface area contributed by atoms with Crippen LogP contribution in [0.4, 0.5) is 5.69 Å². The van der Waals surface area contributed by atoms with Crippen molar-refractivity contribution in [3.63, 3.8) is 0 Å². The number of halogens is 2. The Labute approximate surface area is 150 Å². The molecule has 1 N–H and O–H groups in total. The smallest absolute Gasteiger partial charge is 0.331 e. The van der Waals surface area contributed by atoms with Crippen molar-refractivity contribution in [1.29, 1.82) is 0 Å². The van der Waals surface area contributed by atoms with Crippen LogP contribution in [0.2, 0.25) is 10.0 Å². The molecule has 0 aliphatic heterocycles. The van der Waals surface area contributed by atoms with Crippen molar-refractivity contribution < 1.29 is 14.3 Å². The molecule has 0 bridgehead atoms. The van der Waals surface area contributed by atoms with E-state index in [1.807, 2.05) is 6.07 Å². The Hall–Kier alpha value is -2.30. The molecule has 124 valence electrons. The van der Waals surface area contributed by atoms with Crippen molar-refractivity contribution in [1.82, 2.24) is 0 Å². The van der Waals surface area contributed by atoms with E-state index in [0.717, 1.165) is 0 Å². The summed E-state index contributed by atoms with van der Waals surface area (Å²) in [4.78, 5) is 23.7. The quantitative estimate of drug-likeness (QED) is 0.624. The lowest BCUT2D eigenvalue weighted by Gasteiger charge is -2.12. The number of ether oxygens (including phenoxy) is 1. The Bertz CT molecular complexity index is 760. The number of hydrogen-bond donors (Lipinski definition) is 1. The standard InChI is InChI=1S/C18H15Cl2NO3/c1-12(18(23)21-14-5-3-2-4-6-14)24-17(22)10-8-13-7-9-15(19)16(20)11-13/h2-12H,1H3,(H,21,23)/b10-8+. The summed E-state index contributed by atoms with van der Waals surface area (Å²) in [5, 5.41) is 3.49. The summed E-state index contributed by atoms with van der Waals surface area (Å²) < 4.78 is 5.06. The number of carbonyl (C=O) groups excluding carboxylic acids is 2. The number of hydrogen-bond acceptors (Lipinski definition) is 3. The van der Waals surface area contributed by atoms with Crippen LogP contribution in [0.1, 0.15) is 12.5 Å². The molecule has 4 nitrogen and oxygen atoms in total. The van der Waals surface area contributed by atoms with E-state index < -0.39 is 18.0 Å². The molecule has 0 saturated heterocycles. The zero-order valence-electron chi connectivity index (χ0n) is 12.8. The van der Waals surface area contributed by atoms with Gasteiger partial charge in [-0.1, -0.05) is 47.5 Å². The van der Waals surface area contributed by atoms with Crippen molar-refractivity contribution >= 4 is 46.8 Å². The van der Waals surface area contributed by atoms with Gasteiger partial charge in [-0.2, -0.15) is 0 Å². The zero-order valence-corrected chi connectivity index (χ0v) is 14.3. The first-order chi connectivity index (χ1) is 11.5. The number of carbonyl (C=O) groups is 2. The van der Waals surface area contributed by atoms with Crippen LogP contribution in [0.15, 0.2) is 54.6 Å². The monoisotopic (exact) mass is 363 g/mol. The van der Waals surface area contributed by atoms with E-state index >= 15 is 0 Å². The lowest BCUT2D eigenvalue weighted by atomic mass is 10.2. The first-order valence-corrected chi connectivity index (χ1v) is 7.91. The topological polar surface area (TPSA) is 55.4 Å². The van der Waals surface area contributed by atoms with Crippen LogP contribution in [-0.2, 0) is 14.3 Å². The minimum atomic E-state index is -0.920. The fraction of sp³-hybridized carbons (Fsp3) is 0.111. The van der Waals surface area contributed by atoms with Crippen molar-refractivity contribution in [3.8, 4) is 0 Å². The molecule has 1 amide bonds. The van der Waals surface area contributed by atoms with Gasteiger partial charge < -0.3 is 10.1 Å². The molecule has 0 fully saturated rings. The number of amides is 1. The summed E-state index contributed by atoms with van der Waals surface area (Å²) in [5.74, 6) is -1.03. The molecule has 0 radical (unpaired) electrons. The number of nitrogens with one attached hydrogen (secondary N) is 1. The van der Waals surface area contributed by atoms with Crippen molar-refractivity contribution in [3.05, 3.63) is 70.2 Å². The molecule has 1 atom stereocenters. The first kappa shape index (κ1) is 18.0. The summed E-state index contributed by atoms with van der Waals surface area (Å²) >= 11 is 11.7. The Balaban J connectivity index is 1.89. The summed E-state index contributed by atoms with van der Waals surface area (Å²) in [5.41, 5.74) is 1.33. The van der Waals surface area contributed by atoms with Gasteiger partial charge in [-0.15, -0.1) is 0 Å². The minimum absolute atomic E-state index is 0.391. The highest BCUT2D eigenvalue weighted by molar-refractivity contribution is 6.42. The van der Waals surface area contributed by atoms with E-state index in [1.54, 1.807) is 42.5 Å². The van der Waals surface area contributed by atoms with Crippen molar-refractivity contribution in [2.45, 2.75) is 13.0 Å². The molecule has 24 heavy (non-hydrogen) atoms. The van der Waals surface area contributed by atoms with E-state index in [0.29, 0.717) is 21.3 Å². The van der Waals surface area contributed by atoms with Crippen LogP contribution >= 0.6 is 23.2 Å². The highest BCUT2D eigenvalue weighted by Crippen LogP contribution is 2.23. The van der Waals surface area contributed by atoms with Crippen LogP contribution < -0.4 is 5.32 Å². The molecular weight excluding hydrogens is 349 g/mol. The maximum absolute atomic E-state index is 12.0. The van der Waals surface area contributed by atoms with Gasteiger partial charge in [0, 0.05) is 11.8 Å². The van der Waals surface area contributed by atoms with Crippen LogP contribution in [0, 0.1) is 0 Å². The highest BCUT2D eigenvalue weighted by atomic mass is 35.5. The Morgan fingerprint density at radius 3 is 2.46 bits per heavy atom. The molecule has 0 heterocycles. The van der Waals surface area contributed by atoms with Gasteiger partial charge in [0.05, 0.1) is 10.0 Å². The molecule has 0 aromatic heterocycles. The molecular formula is C18H15Cl2NO3. The van der Waals surface area contributed by atoms with Crippen LogP contribution in [0.3, 0.4) is 0 Å². The number of para-hydroxylation sites is 1. The third-order valence-electron chi connectivity index (χ3n) is 3.06. The second-order valence-corrected chi connectivity index (χ2v) is 5.76. The molecule has 6 heteroatoms. The average molecular weight is 364 g/mol. The number of esters is 1. The molecule has 2 rings (SSSR count). The van der Waals surface area contributed by atoms with Gasteiger partial charge in [0.1, 0.15) is 0 Å². The zero-order chi connectivity index (χ0) is 17.5. The molecule has 1 unspecified atom stereocenters. The first-order valence-electron chi connectivity index (χ1n) is 7.15. The highest BCUT2D eigenvalue weighted by Gasteiger charge is 2.16. The third kappa shape index (κ3) is 5.41. The SMILES string of the molecule is CC(OC(=O)/C=C/c1ccc(Cl)c(Cl)c1)C(=O)Nc1ccccc1. The maximum Gasteiger partial charge on any atom is 0.331 e. The normalized spacial score (nSPS) is 12.0. The number of anilines is 1. The maximum atomic E-state index is 12.0. The lowest BCUT2D eigenvalue weighted by Crippen LogP contribution is -2.29. The molecule has 0 aliphatic rings. The van der Waals surface area contributed by atoms with Gasteiger partial charge in [0.2, 0.25) is 0 Å². The molecule has 2 aromatic rings. The Kier molecular flexibility index (Phi) is 6.41. The van der Waals surface area contributed by atoms with Gasteiger partial charge in [-0.05, 0) is 42.8 Å². The second kappa shape index (κ2) is 8.52. The van der Waals surface area contributed by atoms with Crippen molar-refractivity contribution in [2.24, 2.45) is 0 Å². The number of rotatable bonds is 5. The Morgan fingerprint density at radius 1 is 1.08 bits per heavy atom. The minimum Gasteiger partial charge on any atom is -0.449 e. The largest absolute Gasteiger partial charge is 0.449 e. The summed E-state index contributed by atoms with van der Waals surface area (Å²) in [6, 6.07) is 13.9. The van der Waals surface area contributed by atoms with E-state index in [2.05, 4.69) is 5.32 Å². The van der Waals surface area contributed by atoms with Crippen molar-refractivity contribution in [2.75, 3.05) is 5.32 Å². The molecule has 0 spiro atoms. The summed E-state index contributed by atoms with van der Waals surface area (Å²) in [6.45, 7) is 1.50. The van der Waals surface area contributed by atoms with Gasteiger partial charge in [0.15, 0.2) is 6.10 Å². The van der Waals surface area contributed by atoms with Gasteiger partial charge in [0.25, 0.3) is 5.91 Å². The molecule has 0 saturated carbocycles. The fourth-order valence-electron chi connectivity index (χ4n) is 1.81. The average Bonchev–Trinajstić information content (AvgIpc) is 2.56. The van der Waals surface area contributed by atoms with Crippen LogP contribution in [0.25, 0.3) is 6.08 Å². The van der Waals surface area contributed by atoms with Gasteiger partial charge in [-0.3, -0.25) is 4.79 Å². The number of benzene rings is 2. The summed E-state index contributed by atoms with van der Waals surface area (Å²) in [6.07, 6.45) is 1.84. The van der Waals surface area contributed by atoms with Gasteiger partial charge >= 0.3 is 5.97 Å². The predicted molar refractivity (Wildman–Crippen MR) is 96.1 cm³/mol. The van der Waals surface area contributed by atoms with E-state index in [4.69, 9.17) is 27.9 Å². The Morgan fingerprint density at radius 2 is 1.79 bits per heavy atom. The van der Waals surface area contributed by atoms with Crippen LogP contribution in [-0.4, -0.2) is 18.0 Å². The fourth-order valence-corrected chi connectivity index (χ4v) is 2.12. The molecule has 2 aromatic carbocycles. The van der Waals surface area contributed by atoms with E-state index in [9.17, 15) is 9.59 Å². The van der Waals surface area contributed by atoms with E-state index in [-0.39, 0.29) is 0 Å². The lowest BCUT2D eigenvalue weighted by molar-refractivity contribution is -0.148. The predicted octanol–water partition coefficient (Wildman–Crippen LogP) is 4.58. The van der Waals surface area contributed by atoms with Gasteiger partial charge in [-0.25, -0.2) is 4.79 Å². The van der Waals surface area contributed by atoms with E-state index in [1.165, 1.54) is 19.1 Å². The molecule has 0 aliphatic carbocycles. The third-order valence-corrected chi connectivity index (χ3v) is 3.80. The summed E-state index contributed by atoms with van der Waals surface area (Å²) in [7, 11) is 0. The second-order valence-electron chi connectivity index (χ2n) is 4.94. The van der Waals surface area contributed by atoms with Crippen LogP contribution in [0.5, 0.6) is 0 Å².